The largest absolute Gasteiger partial charge is 0.489 e. The highest BCUT2D eigenvalue weighted by molar-refractivity contribution is 5.86. The van der Waals surface area contributed by atoms with Crippen molar-refractivity contribution in [3.63, 3.8) is 0 Å². The average molecular weight is 417 g/mol. The quantitative estimate of drug-likeness (QED) is 0.519. The first-order chi connectivity index (χ1) is 15.2. The minimum atomic E-state index is -0.170. The third kappa shape index (κ3) is 5.41. The molecule has 0 radical (unpaired) electrons. The number of aromatic nitrogens is 1. The van der Waals surface area contributed by atoms with Crippen molar-refractivity contribution in [2.75, 3.05) is 31.5 Å². The molecule has 1 aliphatic heterocycles. The molecule has 2 N–H and O–H groups in total. The third-order valence-electron chi connectivity index (χ3n) is 5.55. The topological polar surface area (TPSA) is 70.3 Å². The standard InChI is InChI=1S/C25H28N4O2/c26-18-21-16-22(8-9-24(21)27-11-15-28-12-4-5-13-28)29-14-10-23(17-25(29)30)31-19-20-6-2-1-3-7-20/h1-3,6-10,14,16-18,26-27H,4-5,11-13,15,19H2. The van der Waals surface area contributed by atoms with Crippen LogP contribution in [0.3, 0.4) is 0 Å². The summed E-state index contributed by atoms with van der Waals surface area (Å²) in [5.74, 6) is 0.539. The zero-order chi connectivity index (χ0) is 21.5. The second-order valence-electron chi connectivity index (χ2n) is 7.74. The number of nitrogens with zero attached hydrogens (tertiary/aromatic N) is 2. The van der Waals surface area contributed by atoms with E-state index in [1.807, 2.05) is 48.5 Å². The summed E-state index contributed by atoms with van der Waals surface area (Å²) < 4.78 is 7.32. The maximum absolute atomic E-state index is 12.7. The molecule has 1 fully saturated rings. The number of pyridine rings is 1. The predicted octanol–water partition coefficient (Wildman–Crippen LogP) is 3.92. The highest BCUT2D eigenvalue weighted by Gasteiger charge is 2.11. The first-order valence-electron chi connectivity index (χ1n) is 10.7. The van der Waals surface area contributed by atoms with Crippen LogP contribution in [0, 0.1) is 5.41 Å². The van der Waals surface area contributed by atoms with Gasteiger partial charge in [-0.15, -0.1) is 0 Å². The number of hydrogen-bond donors (Lipinski definition) is 2. The molecule has 0 bridgehead atoms. The second kappa shape index (κ2) is 10.1. The van der Waals surface area contributed by atoms with E-state index in [1.54, 1.807) is 16.8 Å². The van der Waals surface area contributed by atoms with E-state index >= 15 is 0 Å². The Bertz CT molecular complexity index is 1070. The molecule has 2 aromatic carbocycles. The molecule has 0 atom stereocenters. The number of anilines is 1. The van der Waals surface area contributed by atoms with Crippen LogP contribution in [0.15, 0.2) is 71.7 Å². The summed E-state index contributed by atoms with van der Waals surface area (Å²) in [6.45, 7) is 4.61. The van der Waals surface area contributed by atoms with Crippen LogP contribution in [0.2, 0.25) is 0 Å². The Morgan fingerprint density at radius 2 is 1.84 bits per heavy atom. The fourth-order valence-electron chi connectivity index (χ4n) is 3.84. The van der Waals surface area contributed by atoms with Gasteiger partial charge in [-0.3, -0.25) is 9.36 Å². The first-order valence-corrected chi connectivity index (χ1v) is 10.7. The highest BCUT2D eigenvalue weighted by atomic mass is 16.5. The lowest BCUT2D eigenvalue weighted by Crippen LogP contribution is -2.26. The Hall–Kier alpha value is -3.38. The van der Waals surface area contributed by atoms with E-state index in [9.17, 15) is 4.79 Å². The average Bonchev–Trinajstić information content (AvgIpc) is 3.32. The van der Waals surface area contributed by atoms with Crippen LogP contribution in [0.5, 0.6) is 5.75 Å². The van der Waals surface area contributed by atoms with Gasteiger partial charge in [0, 0.05) is 48.5 Å². The van der Waals surface area contributed by atoms with Crippen molar-refractivity contribution in [2.45, 2.75) is 19.4 Å². The lowest BCUT2D eigenvalue weighted by Gasteiger charge is -2.17. The Balaban J connectivity index is 1.43. The summed E-state index contributed by atoms with van der Waals surface area (Å²) >= 11 is 0. The van der Waals surface area contributed by atoms with Crippen molar-refractivity contribution < 1.29 is 4.74 Å². The molecule has 6 heteroatoms. The minimum absolute atomic E-state index is 0.170. The van der Waals surface area contributed by atoms with Crippen LogP contribution < -0.4 is 15.6 Å². The fourth-order valence-corrected chi connectivity index (χ4v) is 3.84. The summed E-state index contributed by atoms with van der Waals surface area (Å²) in [6.07, 6.45) is 5.60. The number of hydrogen-bond acceptors (Lipinski definition) is 5. The van der Waals surface area contributed by atoms with Crippen LogP contribution in [0.1, 0.15) is 24.0 Å². The van der Waals surface area contributed by atoms with E-state index < -0.39 is 0 Å². The fraction of sp³-hybridized carbons (Fsp3) is 0.280. The summed E-state index contributed by atoms with van der Waals surface area (Å²) in [4.78, 5) is 15.1. The predicted molar refractivity (Wildman–Crippen MR) is 125 cm³/mol. The number of nitrogens with one attached hydrogen (secondary N) is 2. The molecule has 1 aliphatic rings. The normalized spacial score (nSPS) is 13.8. The SMILES string of the molecule is N=Cc1cc(-n2ccc(OCc3ccccc3)cc2=O)ccc1NCCN1CCCC1. The summed E-state index contributed by atoms with van der Waals surface area (Å²) in [5.41, 5.74) is 3.28. The maximum Gasteiger partial charge on any atom is 0.258 e. The number of rotatable bonds is 9. The van der Waals surface area contributed by atoms with Gasteiger partial charge in [-0.1, -0.05) is 30.3 Å². The Morgan fingerprint density at radius 1 is 1.03 bits per heavy atom. The Morgan fingerprint density at radius 3 is 2.58 bits per heavy atom. The van der Waals surface area contributed by atoms with Crippen molar-refractivity contribution in [3.05, 3.63) is 88.3 Å². The van der Waals surface area contributed by atoms with Gasteiger partial charge in [0.25, 0.3) is 5.56 Å². The molecular weight excluding hydrogens is 388 g/mol. The van der Waals surface area contributed by atoms with E-state index in [4.69, 9.17) is 10.1 Å². The summed E-state index contributed by atoms with van der Waals surface area (Å²) in [7, 11) is 0. The van der Waals surface area contributed by atoms with E-state index in [1.165, 1.54) is 38.2 Å². The van der Waals surface area contributed by atoms with Gasteiger partial charge in [-0.05, 0) is 55.8 Å². The van der Waals surface area contributed by atoms with E-state index in [0.717, 1.165) is 35.6 Å². The van der Waals surface area contributed by atoms with Gasteiger partial charge >= 0.3 is 0 Å². The maximum atomic E-state index is 12.7. The lowest BCUT2D eigenvalue weighted by molar-refractivity contribution is 0.305. The molecule has 1 saturated heterocycles. The van der Waals surface area contributed by atoms with Crippen LogP contribution >= 0.6 is 0 Å². The number of benzene rings is 2. The van der Waals surface area contributed by atoms with Crippen molar-refractivity contribution in [2.24, 2.45) is 0 Å². The van der Waals surface area contributed by atoms with Crippen LogP contribution in [0.25, 0.3) is 5.69 Å². The lowest BCUT2D eigenvalue weighted by atomic mass is 10.1. The van der Waals surface area contributed by atoms with E-state index in [-0.39, 0.29) is 5.56 Å². The van der Waals surface area contributed by atoms with Crippen LogP contribution in [0.4, 0.5) is 5.69 Å². The van der Waals surface area contributed by atoms with Gasteiger partial charge < -0.3 is 20.4 Å². The second-order valence-corrected chi connectivity index (χ2v) is 7.74. The zero-order valence-electron chi connectivity index (χ0n) is 17.6. The van der Waals surface area contributed by atoms with Gasteiger partial charge in [-0.2, -0.15) is 0 Å². The molecule has 31 heavy (non-hydrogen) atoms. The molecule has 6 nitrogen and oxygen atoms in total. The van der Waals surface area contributed by atoms with Crippen molar-refractivity contribution in [1.82, 2.24) is 9.47 Å². The molecule has 0 amide bonds. The third-order valence-corrected chi connectivity index (χ3v) is 5.55. The molecular formula is C25H28N4O2. The van der Waals surface area contributed by atoms with Crippen molar-refractivity contribution in [1.29, 1.82) is 5.41 Å². The summed E-state index contributed by atoms with van der Waals surface area (Å²) in [5, 5.41) is 11.2. The molecule has 0 aliphatic carbocycles. The van der Waals surface area contributed by atoms with Crippen molar-refractivity contribution in [3.8, 4) is 11.4 Å². The van der Waals surface area contributed by atoms with Gasteiger partial charge in [0.2, 0.25) is 0 Å². The van der Waals surface area contributed by atoms with Gasteiger partial charge in [0.05, 0.1) is 0 Å². The van der Waals surface area contributed by atoms with Crippen molar-refractivity contribution >= 4 is 11.9 Å². The summed E-state index contributed by atoms with van der Waals surface area (Å²) in [6, 6.07) is 18.8. The number of ether oxygens (including phenoxy) is 1. The Kier molecular flexibility index (Phi) is 6.79. The Labute approximate surface area is 182 Å². The minimum Gasteiger partial charge on any atom is -0.489 e. The molecule has 2 heterocycles. The molecule has 4 rings (SSSR count). The van der Waals surface area contributed by atoms with E-state index in [2.05, 4.69) is 10.2 Å². The molecule has 3 aromatic rings. The smallest absolute Gasteiger partial charge is 0.258 e. The van der Waals surface area contributed by atoms with E-state index in [0.29, 0.717) is 12.4 Å². The van der Waals surface area contributed by atoms with Gasteiger partial charge in [0.15, 0.2) is 0 Å². The molecule has 1 aromatic heterocycles. The first kappa shape index (κ1) is 20.9. The molecule has 0 unspecified atom stereocenters. The van der Waals surface area contributed by atoms with Gasteiger partial charge in [0.1, 0.15) is 12.4 Å². The zero-order valence-corrected chi connectivity index (χ0v) is 17.6. The highest BCUT2D eigenvalue weighted by Crippen LogP contribution is 2.19. The number of likely N-dealkylation sites (tertiary alicyclic amines) is 1. The monoisotopic (exact) mass is 416 g/mol. The molecule has 0 spiro atoms. The van der Waals surface area contributed by atoms with Crippen LogP contribution in [-0.4, -0.2) is 41.9 Å². The molecule has 0 saturated carbocycles. The van der Waals surface area contributed by atoms with Crippen LogP contribution in [-0.2, 0) is 6.61 Å². The van der Waals surface area contributed by atoms with Gasteiger partial charge in [-0.25, -0.2) is 0 Å². The molecule has 160 valence electrons.